The topological polar surface area (TPSA) is 73.3 Å². The third kappa shape index (κ3) is 4.82. The van der Waals surface area contributed by atoms with Crippen LogP contribution in [0.2, 0.25) is 0 Å². The van der Waals surface area contributed by atoms with Gasteiger partial charge in [-0.25, -0.2) is 4.98 Å². The molecule has 0 spiro atoms. The van der Waals surface area contributed by atoms with E-state index in [4.69, 9.17) is 9.47 Å². The van der Waals surface area contributed by atoms with Crippen LogP contribution in [0.4, 0.5) is 0 Å². The van der Waals surface area contributed by atoms with Crippen LogP contribution >= 0.6 is 0 Å². The number of rotatable bonds is 7. The minimum absolute atomic E-state index is 0.153. The largest absolute Gasteiger partial charge is 0.497 e. The van der Waals surface area contributed by atoms with Crippen molar-refractivity contribution < 1.29 is 14.3 Å². The van der Waals surface area contributed by atoms with Crippen molar-refractivity contribution in [1.29, 1.82) is 0 Å². The normalized spacial score (nSPS) is 10.3. The highest BCUT2D eigenvalue weighted by Crippen LogP contribution is 2.20. The molecular weight excluding hydrogens is 342 g/mol. The van der Waals surface area contributed by atoms with Gasteiger partial charge < -0.3 is 14.8 Å². The molecule has 0 aliphatic carbocycles. The van der Waals surface area contributed by atoms with Crippen LogP contribution in [0.3, 0.4) is 0 Å². The number of hydrogen-bond donors (Lipinski definition) is 1. The van der Waals surface area contributed by atoms with Crippen LogP contribution in [-0.2, 0) is 6.42 Å². The van der Waals surface area contributed by atoms with Crippen LogP contribution in [0.25, 0.3) is 11.1 Å². The van der Waals surface area contributed by atoms with Crippen molar-refractivity contribution in [1.82, 2.24) is 15.3 Å². The zero-order valence-corrected chi connectivity index (χ0v) is 15.3. The summed E-state index contributed by atoms with van der Waals surface area (Å²) in [6.45, 7) is 0.541. The number of benzene rings is 1. The molecule has 0 saturated carbocycles. The predicted octanol–water partition coefficient (Wildman–Crippen LogP) is 3.13. The van der Waals surface area contributed by atoms with Crippen molar-refractivity contribution in [2.24, 2.45) is 0 Å². The van der Waals surface area contributed by atoms with Crippen LogP contribution in [0, 0.1) is 0 Å². The Morgan fingerprint density at radius 1 is 0.963 bits per heavy atom. The van der Waals surface area contributed by atoms with E-state index in [9.17, 15) is 4.79 Å². The maximum atomic E-state index is 12.4. The smallest absolute Gasteiger partial charge is 0.252 e. The van der Waals surface area contributed by atoms with E-state index >= 15 is 0 Å². The second-order valence-electron chi connectivity index (χ2n) is 5.91. The number of hydrogen-bond acceptors (Lipinski definition) is 5. The van der Waals surface area contributed by atoms with Crippen LogP contribution in [0.15, 0.2) is 61.1 Å². The molecule has 2 heterocycles. The molecule has 6 nitrogen and oxygen atoms in total. The Kier molecular flexibility index (Phi) is 5.99. The van der Waals surface area contributed by atoms with E-state index in [0.717, 1.165) is 28.9 Å². The van der Waals surface area contributed by atoms with Gasteiger partial charge in [0, 0.05) is 42.3 Å². The van der Waals surface area contributed by atoms with Crippen molar-refractivity contribution in [3.8, 4) is 22.8 Å². The summed E-state index contributed by atoms with van der Waals surface area (Å²) in [5.74, 6) is 1.21. The molecule has 0 atom stereocenters. The Hall–Kier alpha value is -3.41. The molecule has 2 aromatic heterocycles. The number of carbonyl (C=O) groups excluding carboxylic acids is 1. The Labute approximate surface area is 158 Å². The first kappa shape index (κ1) is 18.4. The van der Waals surface area contributed by atoms with E-state index < -0.39 is 0 Å². The molecule has 1 amide bonds. The van der Waals surface area contributed by atoms with Gasteiger partial charge in [0.15, 0.2) is 0 Å². The van der Waals surface area contributed by atoms with Gasteiger partial charge in [0.25, 0.3) is 5.91 Å². The maximum absolute atomic E-state index is 12.4. The number of nitrogens with zero attached hydrogens (tertiary/aromatic N) is 2. The van der Waals surface area contributed by atoms with Crippen molar-refractivity contribution in [3.05, 3.63) is 72.2 Å². The molecule has 0 fully saturated rings. The van der Waals surface area contributed by atoms with Crippen LogP contribution in [0.1, 0.15) is 15.9 Å². The van der Waals surface area contributed by atoms with Gasteiger partial charge in [0.2, 0.25) is 5.88 Å². The van der Waals surface area contributed by atoms with Crippen molar-refractivity contribution in [2.45, 2.75) is 6.42 Å². The molecule has 3 aromatic rings. The van der Waals surface area contributed by atoms with E-state index in [2.05, 4.69) is 15.3 Å². The molecule has 1 N–H and O–H groups in total. The minimum Gasteiger partial charge on any atom is -0.497 e. The lowest BCUT2D eigenvalue weighted by atomic mass is 10.1. The van der Waals surface area contributed by atoms with Crippen molar-refractivity contribution >= 4 is 5.91 Å². The van der Waals surface area contributed by atoms with E-state index in [0.29, 0.717) is 18.0 Å². The Balaban J connectivity index is 1.60. The molecule has 3 rings (SSSR count). The summed E-state index contributed by atoms with van der Waals surface area (Å²) < 4.78 is 10.2. The van der Waals surface area contributed by atoms with Gasteiger partial charge in [-0.05, 0) is 36.2 Å². The fourth-order valence-corrected chi connectivity index (χ4v) is 2.61. The van der Waals surface area contributed by atoms with Gasteiger partial charge in [-0.1, -0.05) is 12.1 Å². The van der Waals surface area contributed by atoms with Gasteiger partial charge in [-0.2, -0.15) is 0 Å². The highest BCUT2D eigenvalue weighted by atomic mass is 16.5. The number of pyridine rings is 2. The monoisotopic (exact) mass is 363 g/mol. The molecule has 0 aliphatic heterocycles. The number of nitrogens with one attached hydrogen (secondary N) is 1. The highest BCUT2D eigenvalue weighted by molar-refractivity contribution is 5.95. The average Bonchev–Trinajstić information content (AvgIpc) is 2.74. The fourth-order valence-electron chi connectivity index (χ4n) is 2.61. The summed E-state index contributed by atoms with van der Waals surface area (Å²) in [6, 6.07) is 13.3. The Morgan fingerprint density at radius 3 is 2.44 bits per heavy atom. The predicted molar refractivity (Wildman–Crippen MR) is 103 cm³/mol. The summed E-state index contributed by atoms with van der Waals surface area (Å²) in [6.07, 6.45) is 5.70. The molecule has 0 radical (unpaired) electrons. The number of amides is 1. The zero-order valence-electron chi connectivity index (χ0n) is 15.3. The molecule has 1 aromatic carbocycles. The second-order valence-corrected chi connectivity index (χ2v) is 5.91. The molecule has 0 aliphatic rings. The lowest BCUT2D eigenvalue weighted by Gasteiger charge is -2.08. The molecule has 6 heteroatoms. The Bertz CT molecular complexity index is 893. The van der Waals surface area contributed by atoms with Gasteiger partial charge >= 0.3 is 0 Å². The number of carbonyl (C=O) groups is 1. The summed E-state index contributed by atoms with van der Waals surface area (Å²) in [4.78, 5) is 20.8. The van der Waals surface area contributed by atoms with Crippen molar-refractivity contribution in [2.75, 3.05) is 20.8 Å². The first-order chi connectivity index (χ1) is 13.2. The first-order valence-electron chi connectivity index (χ1n) is 8.56. The molecular formula is C21H21N3O3. The summed E-state index contributed by atoms with van der Waals surface area (Å²) in [7, 11) is 3.21. The Morgan fingerprint density at radius 2 is 1.78 bits per heavy atom. The van der Waals surface area contributed by atoms with E-state index in [1.54, 1.807) is 44.9 Å². The standard InChI is InChI=1S/C21H21N3O3/c1-26-19-6-3-15(4-7-19)9-10-23-21(25)18-11-17(12-22-13-18)16-5-8-20(27-2)24-14-16/h3-8,11-14H,9-10H2,1-2H3,(H,23,25). The van der Waals surface area contributed by atoms with Crippen molar-refractivity contribution in [3.63, 3.8) is 0 Å². The lowest BCUT2D eigenvalue weighted by Crippen LogP contribution is -2.25. The number of aromatic nitrogens is 2. The van der Waals surface area contributed by atoms with E-state index in [-0.39, 0.29) is 5.91 Å². The van der Waals surface area contributed by atoms with Crippen LogP contribution in [0.5, 0.6) is 11.6 Å². The number of methoxy groups -OCH3 is 2. The molecule has 0 unspecified atom stereocenters. The van der Waals surface area contributed by atoms with Gasteiger partial charge in [-0.3, -0.25) is 9.78 Å². The average molecular weight is 363 g/mol. The van der Waals surface area contributed by atoms with Crippen LogP contribution < -0.4 is 14.8 Å². The maximum Gasteiger partial charge on any atom is 0.252 e. The molecule has 138 valence electrons. The fraction of sp³-hybridized carbons (Fsp3) is 0.190. The zero-order chi connectivity index (χ0) is 19.1. The second kappa shape index (κ2) is 8.80. The first-order valence-corrected chi connectivity index (χ1v) is 8.56. The summed E-state index contributed by atoms with van der Waals surface area (Å²) in [5, 5.41) is 2.93. The number of ether oxygens (including phenoxy) is 2. The highest BCUT2D eigenvalue weighted by Gasteiger charge is 2.08. The third-order valence-electron chi connectivity index (χ3n) is 4.14. The SMILES string of the molecule is COc1ccc(CCNC(=O)c2cncc(-c3ccc(OC)nc3)c2)cc1. The van der Waals surface area contributed by atoms with E-state index in [1.807, 2.05) is 30.3 Å². The molecule has 0 bridgehead atoms. The molecule has 27 heavy (non-hydrogen) atoms. The van der Waals surface area contributed by atoms with Gasteiger partial charge in [0.1, 0.15) is 5.75 Å². The summed E-state index contributed by atoms with van der Waals surface area (Å²) >= 11 is 0. The van der Waals surface area contributed by atoms with E-state index in [1.165, 1.54) is 0 Å². The summed E-state index contributed by atoms with van der Waals surface area (Å²) in [5.41, 5.74) is 3.34. The third-order valence-corrected chi connectivity index (χ3v) is 4.14. The van der Waals surface area contributed by atoms with Gasteiger partial charge in [0.05, 0.1) is 19.8 Å². The minimum atomic E-state index is -0.153. The quantitative estimate of drug-likeness (QED) is 0.698. The van der Waals surface area contributed by atoms with Crippen LogP contribution in [-0.4, -0.2) is 36.6 Å². The molecule has 0 saturated heterocycles. The van der Waals surface area contributed by atoms with Gasteiger partial charge in [-0.15, -0.1) is 0 Å². The lowest BCUT2D eigenvalue weighted by molar-refractivity contribution is 0.0954.